The Labute approximate surface area is 199 Å². The maximum absolute atomic E-state index is 12.0. The van der Waals surface area contributed by atoms with Crippen LogP contribution in [0.2, 0.25) is 0 Å². The number of likely N-dealkylation sites (tertiary alicyclic amines) is 1. The van der Waals surface area contributed by atoms with Crippen molar-refractivity contribution >= 4 is 35.8 Å². The third kappa shape index (κ3) is 9.64. The number of benzene rings is 1. The van der Waals surface area contributed by atoms with E-state index in [4.69, 9.17) is 0 Å². The summed E-state index contributed by atoms with van der Waals surface area (Å²) in [6, 6.07) is 7.69. The average molecular weight is 530 g/mol. The van der Waals surface area contributed by atoms with Gasteiger partial charge in [-0.2, -0.15) is 0 Å². The Balaban J connectivity index is 0.00000450. The highest BCUT2D eigenvalue weighted by Crippen LogP contribution is 2.16. The lowest BCUT2D eigenvalue weighted by atomic mass is 9.99. The van der Waals surface area contributed by atoms with E-state index in [1.807, 2.05) is 24.3 Å². The molecule has 0 aliphatic carbocycles. The molecule has 1 saturated heterocycles. The van der Waals surface area contributed by atoms with Crippen LogP contribution in [0.1, 0.15) is 55.5 Å². The lowest BCUT2D eigenvalue weighted by Crippen LogP contribution is -2.38. The summed E-state index contributed by atoms with van der Waals surface area (Å²) in [5.41, 5.74) is 1.80. The number of hydrogen-bond donors (Lipinski definition) is 2. The van der Waals surface area contributed by atoms with Crippen molar-refractivity contribution in [1.29, 1.82) is 0 Å². The van der Waals surface area contributed by atoms with Crippen LogP contribution in [0.15, 0.2) is 29.3 Å². The van der Waals surface area contributed by atoms with Gasteiger partial charge in [0.1, 0.15) is 0 Å². The van der Waals surface area contributed by atoms with Crippen LogP contribution in [0, 0.1) is 5.92 Å². The monoisotopic (exact) mass is 529 g/mol. The van der Waals surface area contributed by atoms with Gasteiger partial charge in [0.2, 0.25) is 0 Å². The molecule has 0 spiro atoms. The first-order chi connectivity index (χ1) is 14.0. The highest BCUT2D eigenvalue weighted by Gasteiger charge is 2.14. The summed E-state index contributed by atoms with van der Waals surface area (Å²) in [6.45, 7) is 10.5. The van der Waals surface area contributed by atoms with Crippen molar-refractivity contribution in [2.75, 3.05) is 46.8 Å². The molecule has 0 saturated carbocycles. The van der Waals surface area contributed by atoms with Crippen molar-refractivity contribution in [1.82, 2.24) is 20.4 Å². The maximum atomic E-state index is 12.0. The van der Waals surface area contributed by atoms with E-state index in [1.54, 1.807) is 19.0 Å². The summed E-state index contributed by atoms with van der Waals surface area (Å²) < 4.78 is 0. The number of aliphatic imine (C=N–C) groups is 1. The van der Waals surface area contributed by atoms with Gasteiger partial charge in [0.05, 0.1) is 6.54 Å². The Morgan fingerprint density at radius 1 is 1.13 bits per heavy atom. The fourth-order valence-corrected chi connectivity index (χ4v) is 3.48. The minimum atomic E-state index is 0. The van der Waals surface area contributed by atoms with Crippen LogP contribution in [0.4, 0.5) is 0 Å². The summed E-state index contributed by atoms with van der Waals surface area (Å²) in [5, 5.41) is 6.75. The van der Waals surface area contributed by atoms with Crippen molar-refractivity contribution < 1.29 is 4.79 Å². The number of unbranched alkanes of at least 4 members (excludes halogenated alkanes) is 1. The number of amides is 1. The van der Waals surface area contributed by atoms with E-state index in [-0.39, 0.29) is 29.9 Å². The van der Waals surface area contributed by atoms with Gasteiger partial charge >= 0.3 is 0 Å². The van der Waals surface area contributed by atoms with Crippen LogP contribution in [0.5, 0.6) is 0 Å². The van der Waals surface area contributed by atoms with Crippen molar-refractivity contribution in [2.24, 2.45) is 10.9 Å². The largest absolute Gasteiger partial charge is 0.357 e. The number of nitrogens with one attached hydrogen (secondary N) is 2. The van der Waals surface area contributed by atoms with Crippen LogP contribution < -0.4 is 10.6 Å². The first-order valence-electron chi connectivity index (χ1n) is 11.0. The summed E-state index contributed by atoms with van der Waals surface area (Å²) in [4.78, 5) is 20.8. The molecular formula is C23H40IN5O. The Hall–Kier alpha value is -1.35. The summed E-state index contributed by atoms with van der Waals surface area (Å²) in [5.74, 6) is 1.78. The topological polar surface area (TPSA) is 60.0 Å². The Morgan fingerprint density at radius 2 is 1.80 bits per heavy atom. The zero-order valence-corrected chi connectivity index (χ0v) is 21.4. The van der Waals surface area contributed by atoms with Crippen molar-refractivity contribution in [3.8, 4) is 0 Å². The standard InChI is InChI=1S/C23H39N5O.HI/c1-5-24-23(25-14-6-7-15-28-16-12-19(2)13-17-28)26-18-20-8-10-21(11-9-20)22(29)27(3)4;/h8-11,19H,5-7,12-18H2,1-4H3,(H2,24,25,26);1H. The van der Waals surface area contributed by atoms with E-state index in [0.29, 0.717) is 12.1 Å². The fraction of sp³-hybridized carbons (Fsp3) is 0.652. The molecule has 1 aromatic carbocycles. The van der Waals surface area contributed by atoms with Crippen LogP contribution in [0.3, 0.4) is 0 Å². The summed E-state index contributed by atoms with van der Waals surface area (Å²) >= 11 is 0. The maximum Gasteiger partial charge on any atom is 0.253 e. The van der Waals surface area contributed by atoms with Crippen LogP contribution in [0.25, 0.3) is 0 Å². The molecule has 1 aliphatic heterocycles. The molecule has 1 amide bonds. The summed E-state index contributed by atoms with van der Waals surface area (Å²) in [7, 11) is 3.53. The molecule has 0 radical (unpaired) electrons. The Morgan fingerprint density at radius 3 is 2.40 bits per heavy atom. The molecule has 170 valence electrons. The highest BCUT2D eigenvalue weighted by atomic mass is 127. The van der Waals surface area contributed by atoms with E-state index in [1.165, 1.54) is 38.9 Å². The lowest BCUT2D eigenvalue weighted by Gasteiger charge is -2.30. The van der Waals surface area contributed by atoms with Crippen LogP contribution in [-0.4, -0.2) is 68.5 Å². The number of piperidine rings is 1. The highest BCUT2D eigenvalue weighted by molar-refractivity contribution is 14.0. The number of guanidine groups is 1. The zero-order chi connectivity index (χ0) is 21.1. The lowest BCUT2D eigenvalue weighted by molar-refractivity contribution is 0.0827. The molecule has 2 rings (SSSR count). The van der Waals surface area contributed by atoms with Crippen molar-refractivity contribution in [3.05, 3.63) is 35.4 Å². The second kappa shape index (κ2) is 14.6. The minimum Gasteiger partial charge on any atom is -0.357 e. The molecule has 30 heavy (non-hydrogen) atoms. The van der Waals surface area contributed by atoms with E-state index in [9.17, 15) is 4.79 Å². The fourth-order valence-electron chi connectivity index (χ4n) is 3.48. The van der Waals surface area contributed by atoms with Crippen molar-refractivity contribution in [2.45, 2.75) is 46.1 Å². The van der Waals surface area contributed by atoms with Gasteiger partial charge in [-0.3, -0.25) is 4.79 Å². The van der Waals surface area contributed by atoms with E-state index in [0.717, 1.165) is 37.0 Å². The van der Waals surface area contributed by atoms with Gasteiger partial charge in [0.25, 0.3) is 5.91 Å². The predicted molar refractivity (Wildman–Crippen MR) is 137 cm³/mol. The Bertz CT molecular complexity index is 639. The van der Waals surface area contributed by atoms with Gasteiger partial charge in [-0.1, -0.05) is 19.1 Å². The molecule has 0 unspecified atom stereocenters. The van der Waals surface area contributed by atoms with Crippen molar-refractivity contribution in [3.63, 3.8) is 0 Å². The number of carbonyl (C=O) groups is 1. The number of halogens is 1. The summed E-state index contributed by atoms with van der Waals surface area (Å²) in [6.07, 6.45) is 5.07. The first-order valence-corrected chi connectivity index (χ1v) is 11.0. The molecule has 1 fully saturated rings. The van der Waals surface area contributed by atoms with Gasteiger partial charge in [0.15, 0.2) is 5.96 Å². The number of hydrogen-bond acceptors (Lipinski definition) is 3. The zero-order valence-electron chi connectivity index (χ0n) is 19.1. The van der Waals surface area contributed by atoms with Gasteiger partial charge in [0, 0.05) is 32.7 Å². The number of nitrogens with zero attached hydrogens (tertiary/aromatic N) is 3. The van der Waals surface area contributed by atoms with Crippen LogP contribution in [-0.2, 0) is 6.54 Å². The SMILES string of the molecule is CCNC(=NCc1ccc(C(=O)N(C)C)cc1)NCCCCN1CCC(C)CC1.I. The molecular weight excluding hydrogens is 489 g/mol. The quantitative estimate of drug-likeness (QED) is 0.222. The smallest absolute Gasteiger partial charge is 0.253 e. The molecule has 1 aromatic rings. The number of rotatable bonds is 9. The molecule has 1 aliphatic rings. The average Bonchev–Trinajstić information content (AvgIpc) is 2.72. The Kier molecular flexibility index (Phi) is 13.0. The second-order valence-electron chi connectivity index (χ2n) is 8.25. The third-order valence-electron chi connectivity index (χ3n) is 5.44. The molecule has 6 nitrogen and oxygen atoms in total. The van der Waals surface area contributed by atoms with E-state index >= 15 is 0 Å². The predicted octanol–water partition coefficient (Wildman–Crippen LogP) is 3.57. The molecule has 2 N–H and O–H groups in total. The molecule has 1 heterocycles. The van der Waals surface area contributed by atoms with Gasteiger partial charge < -0.3 is 20.4 Å². The van der Waals surface area contributed by atoms with Gasteiger partial charge in [-0.25, -0.2) is 4.99 Å². The third-order valence-corrected chi connectivity index (χ3v) is 5.44. The molecule has 0 atom stereocenters. The number of carbonyl (C=O) groups excluding carboxylic acids is 1. The second-order valence-corrected chi connectivity index (χ2v) is 8.25. The molecule has 7 heteroatoms. The first kappa shape index (κ1) is 26.7. The van der Waals surface area contributed by atoms with E-state index < -0.39 is 0 Å². The van der Waals surface area contributed by atoms with Gasteiger partial charge in [-0.15, -0.1) is 24.0 Å². The molecule has 0 bridgehead atoms. The molecule has 0 aromatic heterocycles. The van der Waals surface area contributed by atoms with Crippen LogP contribution >= 0.6 is 24.0 Å². The minimum absolute atomic E-state index is 0. The van der Waals surface area contributed by atoms with Gasteiger partial charge in [-0.05, 0) is 75.9 Å². The van der Waals surface area contributed by atoms with E-state index in [2.05, 4.69) is 34.4 Å². The normalized spacial score (nSPS) is 15.4.